The van der Waals surface area contributed by atoms with Crippen molar-refractivity contribution in [2.24, 2.45) is 11.8 Å². The third-order valence-electron chi connectivity index (χ3n) is 3.67. The maximum atomic E-state index is 10.3. The fraction of sp³-hybridized carbons (Fsp3) is 1.00. The smallest absolute Gasteiger partial charge is 0.264 e. The summed E-state index contributed by atoms with van der Waals surface area (Å²) in [6.45, 7) is 8.27. The summed E-state index contributed by atoms with van der Waals surface area (Å²) in [6.07, 6.45) is 8.11. The van der Waals surface area contributed by atoms with Crippen molar-refractivity contribution in [1.82, 2.24) is 0 Å². The highest BCUT2D eigenvalue weighted by Gasteiger charge is 2.12. The van der Waals surface area contributed by atoms with E-state index in [-0.39, 0.29) is 25.0 Å². The summed E-state index contributed by atoms with van der Waals surface area (Å²) in [7, 11) is -8.51. The van der Waals surface area contributed by atoms with Crippen LogP contribution in [0.4, 0.5) is 0 Å². The summed E-state index contributed by atoms with van der Waals surface area (Å²) in [5.74, 6) is 0.411. The molecule has 0 aromatic carbocycles. The van der Waals surface area contributed by atoms with Gasteiger partial charge in [0, 0.05) is 0 Å². The Morgan fingerprint density at radius 1 is 0.731 bits per heavy atom. The average Bonchev–Trinajstić information content (AvgIpc) is 2.52. The van der Waals surface area contributed by atoms with Gasteiger partial charge in [0.1, 0.15) is 0 Å². The molecule has 160 valence electrons. The van der Waals surface area contributed by atoms with Crippen LogP contribution in [0.15, 0.2) is 0 Å². The van der Waals surface area contributed by atoms with E-state index in [4.69, 9.17) is 9.11 Å². The second-order valence-corrected chi connectivity index (χ2v) is 8.65. The second-order valence-electron chi connectivity index (χ2n) is 6.47. The zero-order valence-corrected chi connectivity index (χ0v) is 18.0. The van der Waals surface area contributed by atoms with Crippen LogP contribution in [0, 0.1) is 11.8 Å². The van der Waals surface area contributed by atoms with Gasteiger partial charge < -0.3 is 0 Å². The monoisotopic (exact) mass is 420 g/mol. The molecule has 0 aliphatic heterocycles. The molecule has 2 unspecified atom stereocenters. The molecule has 8 nitrogen and oxygen atoms in total. The minimum Gasteiger partial charge on any atom is -0.264 e. The van der Waals surface area contributed by atoms with Gasteiger partial charge in [-0.1, -0.05) is 59.8 Å². The van der Waals surface area contributed by atoms with Crippen LogP contribution >= 0.6 is 0 Å². The molecule has 0 saturated carbocycles. The van der Waals surface area contributed by atoms with Gasteiger partial charge in [-0.05, 0) is 31.1 Å². The normalized spacial score (nSPS) is 14.4. The lowest BCUT2D eigenvalue weighted by Crippen LogP contribution is -2.13. The van der Waals surface area contributed by atoms with E-state index in [1.807, 2.05) is 13.8 Å². The van der Waals surface area contributed by atoms with Gasteiger partial charge in [-0.3, -0.25) is 9.11 Å². The summed E-state index contributed by atoms with van der Waals surface area (Å²) in [4.78, 5) is 0. The van der Waals surface area contributed by atoms with E-state index in [0.717, 1.165) is 51.4 Å². The highest BCUT2D eigenvalue weighted by molar-refractivity contribution is 7.81. The lowest BCUT2D eigenvalue weighted by atomic mass is 9.98. The molecule has 0 spiro atoms. The molecule has 10 heteroatoms. The van der Waals surface area contributed by atoms with Gasteiger partial charge in [0.2, 0.25) is 0 Å². The van der Waals surface area contributed by atoms with E-state index in [0.29, 0.717) is 0 Å². The average molecular weight is 421 g/mol. The van der Waals surface area contributed by atoms with E-state index in [2.05, 4.69) is 22.2 Å². The highest BCUT2D eigenvalue weighted by atomic mass is 32.3. The summed E-state index contributed by atoms with van der Waals surface area (Å²) < 4.78 is 66.2. The van der Waals surface area contributed by atoms with Crippen LogP contribution < -0.4 is 0 Å². The lowest BCUT2D eigenvalue weighted by molar-refractivity contribution is 0.207. The van der Waals surface area contributed by atoms with Crippen molar-refractivity contribution in [2.45, 2.75) is 79.1 Å². The maximum Gasteiger partial charge on any atom is 0.397 e. The first-order chi connectivity index (χ1) is 11.9. The molecule has 0 fully saturated rings. The van der Waals surface area contributed by atoms with Crippen molar-refractivity contribution in [2.75, 3.05) is 13.2 Å². The Balaban J connectivity index is 0. The molecule has 0 amide bonds. The molecule has 2 N–H and O–H groups in total. The molecule has 0 aromatic heterocycles. The summed E-state index contributed by atoms with van der Waals surface area (Å²) in [6, 6.07) is 0. The third-order valence-corrected chi connectivity index (χ3v) is 4.54. The van der Waals surface area contributed by atoms with Crippen LogP contribution in [0.3, 0.4) is 0 Å². The van der Waals surface area contributed by atoms with Gasteiger partial charge in [0.25, 0.3) is 0 Å². The molecule has 2 atom stereocenters. The number of rotatable bonds is 14. The Kier molecular flexibility index (Phi) is 16.9. The van der Waals surface area contributed by atoms with Crippen molar-refractivity contribution >= 4 is 20.8 Å². The van der Waals surface area contributed by atoms with Crippen molar-refractivity contribution in [1.29, 1.82) is 0 Å². The van der Waals surface area contributed by atoms with Crippen molar-refractivity contribution < 1.29 is 34.3 Å². The molecule has 0 aliphatic rings. The topological polar surface area (TPSA) is 127 Å². The Labute approximate surface area is 159 Å². The van der Waals surface area contributed by atoms with E-state index in [1.165, 1.54) is 0 Å². The van der Waals surface area contributed by atoms with E-state index >= 15 is 0 Å². The minimum absolute atomic E-state index is 0.0683. The molecule has 26 heavy (non-hydrogen) atoms. The Hall–Kier alpha value is -0.260. The maximum absolute atomic E-state index is 10.3. The first kappa shape index (κ1) is 28.0. The lowest BCUT2D eigenvalue weighted by Gasteiger charge is -2.13. The quantitative estimate of drug-likeness (QED) is 0.403. The van der Waals surface area contributed by atoms with Crippen LogP contribution in [0.2, 0.25) is 0 Å². The van der Waals surface area contributed by atoms with Gasteiger partial charge in [-0.25, -0.2) is 8.37 Å². The minimum atomic E-state index is -4.26. The fourth-order valence-electron chi connectivity index (χ4n) is 2.23. The first-order valence-electron chi connectivity index (χ1n) is 9.18. The van der Waals surface area contributed by atoms with E-state index in [1.54, 1.807) is 0 Å². The van der Waals surface area contributed by atoms with Crippen LogP contribution in [-0.4, -0.2) is 39.2 Å². The van der Waals surface area contributed by atoms with Crippen molar-refractivity contribution in [3.8, 4) is 0 Å². The van der Waals surface area contributed by atoms with E-state index < -0.39 is 20.8 Å². The molecule has 0 radical (unpaired) electrons. The third kappa shape index (κ3) is 23.7. The number of unbranched alkanes of at least 4 members (excludes halogenated alkanes) is 2. The SMILES string of the molecule is CCCCC(C)COS(=O)(=O)O.CCCCC(CCC)COS(=O)(=O)O. The van der Waals surface area contributed by atoms with Crippen molar-refractivity contribution in [3.05, 3.63) is 0 Å². The van der Waals surface area contributed by atoms with Gasteiger partial charge in [-0.2, -0.15) is 16.8 Å². The number of hydrogen-bond acceptors (Lipinski definition) is 6. The predicted octanol–water partition coefficient (Wildman–Crippen LogP) is 4.04. The molecule has 0 saturated heterocycles. The second kappa shape index (κ2) is 15.8. The zero-order valence-electron chi connectivity index (χ0n) is 16.4. The first-order valence-corrected chi connectivity index (χ1v) is 11.9. The molecule has 0 bridgehead atoms. The van der Waals surface area contributed by atoms with Gasteiger partial charge >= 0.3 is 20.8 Å². The zero-order chi connectivity index (χ0) is 20.6. The molecule has 0 aromatic rings. The van der Waals surface area contributed by atoms with Crippen LogP contribution in [0.25, 0.3) is 0 Å². The van der Waals surface area contributed by atoms with Gasteiger partial charge in [0.15, 0.2) is 0 Å². The largest absolute Gasteiger partial charge is 0.397 e. The van der Waals surface area contributed by atoms with E-state index in [9.17, 15) is 16.8 Å². The predicted molar refractivity (Wildman–Crippen MR) is 102 cm³/mol. The summed E-state index contributed by atoms with van der Waals surface area (Å²) >= 11 is 0. The Morgan fingerprint density at radius 3 is 1.62 bits per heavy atom. The molecule has 0 heterocycles. The molecule has 0 rings (SSSR count). The van der Waals surface area contributed by atoms with Crippen molar-refractivity contribution in [3.63, 3.8) is 0 Å². The molecular formula is C16H36O8S2. The van der Waals surface area contributed by atoms with Crippen LogP contribution in [-0.2, 0) is 29.2 Å². The summed E-state index contributed by atoms with van der Waals surface area (Å²) in [5, 5.41) is 0. The standard InChI is InChI=1S/C9H20O4S.C7H16O4S/c1-3-5-7-9(6-4-2)8-13-14(10,11)12;1-3-4-5-7(2)6-11-12(8,9)10/h9H,3-8H2,1-2H3,(H,10,11,12);7H,3-6H2,1-2H3,(H,8,9,10). The highest BCUT2D eigenvalue weighted by Crippen LogP contribution is 2.15. The van der Waals surface area contributed by atoms with Crippen LogP contribution in [0.5, 0.6) is 0 Å². The fourth-order valence-corrected chi connectivity index (χ4v) is 3.00. The number of hydrogen-bond donors (Lipinski definition) is 2. The molecule has 0 aliphatic carbocycles. The molecular weight excluding hydrogens is 384 g/mol. The van der Waals surface area contributed by atoms with Gasteiger partial charge in [0.05, 0.1) is 13.2 Å². The summed E-state index contributed by atoms with van der Waals surface area (Å²) in [5.41, 5.74) is 0. The van der Waals surface area contributed by atoms with Gasteiger partial charge in [-0.15, -0.1) is 0 Å². The Morgan fingerprint density at radius 2 is 1.19 bits per heavy atom. The Bertz CT molecular complexity index is 516. The van der Waals surface area contributed by atoms with Crippen LogP contribution in [0.1, 0.15) is 79.1 Å².